The summed E-state index contributed by atoms with van der Waals surface area (Å²) in [5, 5.41) is 9.86. The Balaban J connectivity index is 3.77. The summed E-state index contributed by atoms with van der Waals surface area (Å²) in [6, 6.07) is 0.329. The van der Waals surface area contributed by atoms with Crippen LogP contribution in [0.2, 0.25) is 0 Å². The van der Waals surface area contributed by atoms with Gasteiger partial charge in [0.2, 0.25) is 0 Å². The van der Waals surface area contributed by atoms with Gasteiger partial charge in [0.05, 0.1) is 19.3 Å². The Hall–Kier alpha value is -0.160. The van der Waals surface area contributed by atoms with E-state index < -0.39 is 6.10 Å². The first kappa shape index (κ1) is 16.8. The second kappa shape index (κ2) is 11.0. The van der Waals surface area contributed by atoms with Crippen LogP contribution in [-0.2, 0) is 9.47 Å². The van der Waals surface area contributed by atoms with Crippen molar-refractivity contribution in [2.45, 2.75) is 45.8 Å². The van der Waals surface area contributed by atoms with Crippen LogP contribution in [-0.4, -0.2) is 62.2 Å². The molecule has 0 aromatic rings. The maximum atomic E-state index is 9.86. The standard InChI is InChI=1S/C13H29NO3/c1-5-7-8-17-11-13(15)9-14(6-2)12(3)10-16-4/h12-13,15H,5-11H2,1-4H3. The van der Waals surface area contributed by atoms with Crippen LogP contribution in [0.1, 0.15) is 33.6 Å². The van der Waals surface area contributed by atoms with Crippen LogP contribution in [0.15, 0.2) is 0 Å². The van der Waals surface area contributed by atoms with Crippen molar-refractivity contribution in [3.05, 3.63) is 0 Å². The fourth-order valence-electron chi connectivity index (χ4n) is 1.76. The van der Waals surface area contributed by atoms with E-state index in [9.17, 15) is 5.11 Å². The minimum atomic E-state index is -0.411. The quantitative estimate of drug-likeness (QED) is 0.562. The second-order valence-electron chi connectivity index (χ2n) is 4.47. The smallest absolute Gasteiger partial charge is 0.0900 e. The van der Waals surface area contributed by atoms with E-state index in [1.54, 1.807) is 7.11 Å². The molecule has 0 aromatic carbocycles. The number of methoxy groups -OCH3 is 1. The molecule has 1 N–H and O–H groups in total. The molecule has 0 saturated heterocycles. The highest BCUT2D eigenvalue weighted by atomic mass is 16.5. The maximum Gasteiger partial charge on any atom is 0.0900 e. The van der Waals surface area contributed by atoms with Gasteiger partial charge in [-0.15, -0.1) is 0 Å². The van der Waals surface area contributed by atoms with E-state index in [2.05, 4.69) is 25.7 Å². The van der Waals surface area contributed by atoms with E-state index in [1.807, 2.05) is 0 Å². The molecule has 0 bridgehead atoms. The van der Waals surface area contributed by atoms with Gasteiger partial charge in [0, 0.05) is 26.3 Å². The fraction of sp³-hybridized carbons (Fsp3) is 1.00. The zero-order chi connectivity index (χ0) is 13.1. The topological polar surface area (TPSA) is 41.9 Å². The lowest BCUT2D eigenvalue weighted by Crippen LogP contribution is -2.42. The van der Waals surface area contributed by atoms with Gasteiger partial charge in [0.15, 0.2) is 0 Å². The highest BCUT2D eigenvalue weighted by molar-refractivity contribution is 4.69. The summed E-state index contributed by atoms with van der Waals surface area (Å²) in [5.41, 5.74) is 0. The van der Waals surface area contributed by atoms with E-state index in [4.69, 9.17) is 9.47 Å². The molecule has 0 saturated carbocycles. The van der Waals surface area contributed by atoms with Crippen molar-refractivity contribution in [1.82, 2.24) is 4.90 Å². The van der Waals surface area contributed by atoms with Crippen LogP contribution in [0.25, 0.3) is 0 Å². The molecular formula is C13H29NO3. The van der Waals surface area contributed by atoms with Crippen LogP contribution in [0, 0.1) is 0 Å². The Morgan fingerprint density at radius 2 is 1.94 bits per heavy atom. The first-order valence-electron chi connectivity index (χ1n) is 6.64. The van der Waals surface area contributed by atoms with Crippen LogP contribution in [0.5, 0.6) is 0 Å². The van der Waals surface area contributed by atoms with Crippen molar-refractivity contribution in [3.8, 4) is 0 Å². The largest absolute Gasteiger partial charge is 0.389 e. The van der Waals surface area contributed by atoms with Crippen molar-refractivity contribution in [2.24, 2.45) is 0 Å². The third-order valence-electron chi connectivity index (χ3n) is 2.84. The van der Waals surface area contributed by atoms with Crippen molar-refractivity contribution >= 4 is 0 Å². The minimum absolute atomic E-state index is 0.329. The average Bonchev–Trinajstić information content (AvgIpc) is 2.32. The first-order chi connectivity index (χ1) is 8.15. The van der Waals surface area contributed by atoms with Crippen molar-refractivity contribution in [2.75, 3.05) is 40.0 Å². The van der Waals surface area contributed by atoms with E-state index in [0.717, 1.165) is 26.0 Å². The fourth-order valence-corrected chi connectivity index (χ4v) is 1.76. The number of unbranched alkanes of at least 4 members (excludes halogenated alkanes) is 1. The second-order valence-corrected chi connectivity index (χ2v) is 4.47. The molecule has 104 valence electrons. The molecule has 2 atom stereocenters. The third-order valence-corrected chi connectivity index (χ3v) is 2.84. The molecule has 0 aliphatic rings. The molecule has 0 amide bonds. The summed E-state index contributed by atoms with van der Waals surface area (Å²) in [6.07, 6.45) is 1.78. The van der Waals surface area contributed by atoms with Gasteiger partial charge in [-0.2, -0.15) is 0 Å². The number of nitrogens with zero attached hydrogens (tertiary/aromatic N) is 1. The highest BCUT2D eigenvalue weighted by Gasteiger charge is 2.15. The third kappa shape index (κ3) is 8.55. The van der Waals surface area contributed by atoms with Gasteiger partial charge in [-0.3, -0.25) is 4.90 Å². The normalized spacial score (nSPS) is 15.2. The number of aliphatic hydroxyl groups excluding tert-OH is 1. The molecule has 4 heteroatoms. The summed E-state index contributed by atoms with van der Waals surface area (Å²) < 4.78 is 10.5. The van der Waals surface area contributed by atoms with Crippen molar-refractivity contribution in [1.29, 1.82) is 0 Å². The Bertz CT molecular complexity index is 167. The predicted molar refractivity (Wildman–Crippen MR) is 70.3 cm³/mol. The molecule has 4 nitrogen and oxygen atoms in total. The van der Waals surface area contributed by atoms with Gasteiger partial charge in [0.25, 0.3) is 0 Å². The molecule has 0 fully saturated rings. The molecule has 0 aliphatic carbocycles. The average molecular weight is 247 g/mol. The molecule has 0 spiro atoms. The highest BCUT2D eigenvalue weighted by Crippen LogP contribution is 2.02. The zero-order valence-corrected chi connectivity index (χ0v) is 11.8. The minimum Gasteiger partial charge on any atom is -0.389 e. The van der Waals surface area contributed by atoms with Crippen LogP contribution in [0.3, 0.4) is 0 Å². The Morgan fingerprint density at radius 3 is 2.47 bits per heavy atom. The van der Waals surface area contributed by atoms with E-state index >= 15 is 0 Å². The van der Waals surface area contributed by atoms with Gasteiger partial charge in [0.1, 0.15) is 0 Å². The lowest BCUT2D eigenvalue weighted by molar-refractivity contribution is 0.00197. The lowest BCUT2D eigenvalue weighted by atomic mass is 10.2. The van der Waals surface area contributed by atoms with Gasteiger partial charge in [-0.1, -0.05) is 20.3 Å². The Morgan fingerprint density at radius 1 is 1.24 bits per heavy atom. The predicted octanol–water partition coefficient (Wildman–Crippen LogP) is 1.52. The number of rotatable bonds is 11. The monoisotopic (exact) mass is 247 g/mol. The van der Waals surface area contributed by atoms with Gasteiger partial charge in [-0.05, 0) is 19.9 Å². The number of likely N-dealkylation sites (N-methyl/N-ethyl adjacent to an activating group) is 1. The van der Waals surface area contributed by atoms with Crippen LogP contribution >= 0.6 is 0 Å². The van der Waals surface area contributed by atoms with Crippen LogP contribution in [0.4, 0.5) is 0 Å². The SMILES string of the molecule is CCCCOCC(O)CN(CC)C(C)COC. The molecule has 0 rings (SSSR count). The molecule has 0 aliphatic heterocycles. The number of hydrogen-bond donors (Lipinski definition) is 1. The summed E-state index contributed by atoms with van der Waals surface area (Å²) in [5.74, 6) is 0. The molecule has 0 radical (unpaired) electrons. The molecule has 0 heterocycles. The van der Waals surface area contributed by atoms with Gasteiger partial charge in [-0.25, -0.2) is 0 Å². The van der Waals surface area contributed by atoms with Crippen molar-refractivity contribution < 1.29 is 14.6 Å². The molecule has 0 aromatic heterocycles. The van der Waals surface area contributed by atoms with E-state index in [1.165, 1.54) is 0 Å². The maximum absolute atomic E-state index is 9.86. The van der Waals surface area contributed by atoms with Crippen LogP contribution < -0.4 is 0 Å². The Kier molecular flexibility index (Phi) is 10.9. The van der Waals surface area contributed by atoms with E-state index in [0.29, 0.717) is 25.8 Å². The summed E-state index contributed by atoms with van der Waals surface area (Å²) in [7, 11) is 1.70. The van der Waals surface area contributed by atoms with Gasteiger partial charge >= 0.3 is 0 Å². The number of hydrogen-bond acceptors (Lipinski definition) is 4. The Labute approximate surface area is 106 Å². The molecule has 2 unspecified atom stereocenters. The molecular weight excluding hydrogens is 218 g/mol. The summed E-state index contributed by atoms with van der Waals surface area (Å²) in [6.45, 7) is 9.75. The summed E-state index contributed by atoms with van der Waals surface area (Å²) >= 11 is 0. The zero-order valence-electron chi connectivity index (χ0n) is 11.8. The lowest BCUT2D eigenvalue weighted by Gasteiger charge is -2.29. The van der Waals surface area contributed by atoms with Crippen molar-refractivity contribution in [3.63, 3.8) is 0 Å². The number of aliphatic hydroxyl groups is 1. The van der Waals surface area contributed by atoms with Gasteiger partial charge < -0.3 is 14.6 Å². The number of ether oxygens (including phenoxy) is 2. The summed E-state index contributed by atoms with van der Waals surface area (Å²) in [4.78, 5) is 2.21. The first-order valence-corrected chi connectivity index (χ1v) is 6.64. The molecule has 17 heavy (non-hydrogen) atoms. The van der Waals surface area contributed by atoms with E-state index in [-0.39, 0.29) is 0 Å².